The molecule has 0 radical (unpaired) electrons. The van der Waals surface area contributed by atoms with Gasteiger partial charge in [0.1, 0.15) is 4.75 Å². The van der Waals surface area contributed by atoms with Crippen LogP contribution in [0, 0.1) is 23.7 Å². The summed E-state index contributed by atoms with van der Waals surface area (Å²) < 4.78 is -0.402. The molecule has 31 heavy (non-hydrogen) atoms. The van der Waals surface area contributed by atoms with Gasteiger partial charge in [-0.3, -0.25) is 14.6 Å². The number of carbonyl (C=O) groups is 2. The quantitative estimate of drug-likeness (QED) is 0.654. The molecule has 0 N–H and O–H groups in total. The average Bonchev–Trinajstić information content (AvgIpc) is 3.44. The average molecular weight is 440 g/mol. The minimum Gasteiger partial charge on any atom is -0.342 e. The number of likely N-dealkylation sites (tertiary alicyclic amines) is 1. The van der Waals surface area contributed by atoms with Crippen LogP contribution in [-0.2, 0) is 16.0 Å². The molecule has 1 aromatic rings. The summed E-state index contributed by atoms with van der Waals surface area (Å²) in [6.45, 7) is 3.68. The first kappa shape index (κ1) is 21.2. The summed E-state index contributed by atoms with van der Waals surface area (Å²) in [6.07, 6.45) is 13.3. The number of thioether (sulfide) groups is 1. The van der Waals surface area contributed by atoms with E-state index < -0.39 is 4.75 Å². The Morgan fingerprint density at radius 3 is 2.61 bits per heavy atom. The van der Waals surface area contributed by atoms with E-state index in [2.05, 4.69) is 16.9 Å². The first-order valence-corrected chi connectivity index (χ1v) is 12.8. The Balaban J connectivity index is 1.10. The van der Waals surface area contributed by atoms with Crippen molar-refractivity contribution in [2.24, 2.45) is 28.7 Å². The molecule has 1 saturated heterocycles. The molecule has 1 aromatic heterocycles. The minimum atomic E-state index is -0.402. The highest BCUT2D eigenvalue weighted by molar-refractivity contribution is 8.16. The summed E-state index contributed by atoms with van der Waals surface area (Å²) in [5.74, 6) is 3.34. The number of piperidine rings is 1. The number of fused-ring (bicyclic) bond motifs is 2. The largest absolute Gasteiger partial charge is 0.342 e. The molecule has 1 unspecified atom stereocenters. The molecule has 3 heterocycles. The Kier molecular flexibility index (Phi) is 5.93. The van der Waals surface area contributed by atoms with Crippen LogP contribution in [-0.4, -0.2) is 44.6 Å². The van der Waals surface area contributed by atoms with E-state index in [1.54, 1.807) is 24.2 Å². The van der Waals surface area contributed by atoms with Crippen LogP contribution in [0.3, 0.4) is 0 Å². The number of pyridine rings is 1. The summed E-state index contributed by atoms with van der Waals surface area (Å²) in [4.78, 5) is 36.0. The van der Waals surface area contributed by atoms with Crippen molar-refractivity contribution in [1.82, 2.24) is 9.88 Å². The fourth-order valence-electron chi connectivity index (χ4n) is 6.35. The van der Waals surface area contributed by atoms with Crippen molar-refractivity contribution in [2.45, 2.75) is 69.5 Å². The lowest BCUT2D eigenvalue weighted by Gasteiger charge is -2.35. The van der Waals surface area contributed by atoms with Gasteiger partial charge in [0.25, 0.3) is 5.91 Å². The third-order valence-corrected chi connectivity index (χ3v) is 9.38. The van der Waals surface area contributed by atoms with Gasteiger partial charge in [0.05, 0.1) is 11.5 Å². The second kappa shape index (κ2) is 8.68. The maximum atomic E-state index is 12.8. The summed E-state index contributed by atoms with van der Waals surface area (Å²) in [6, 6.07) is 3.81. The van der Waals surface area contributed by atoms with Gasteiger partial charge in [-0.15, -0.1) is 0 Å². The topological polar surface area (TPSA) is 62.6 Å². The van der Waals surface area contributed by atoms with E-state index in [1.165, 1.54) is 25.7 Å². The molecule has 0 aromatic carbocycles. The monoisotopic (exact) mass is 439 g/mol. The van der Waals surface area contributed by atoms with Crippen molar-refractivity contribution in [3.05, 3.63) is 30.1 Å². The van der Waals surface area contributed by atoms with Crippen molar-refractivity contribution < 1.29 is 9.59 Å². The lowest BCUT2D eigenvalue weighted by molar-refractivity contribution is -0.132. The number of aliphatic imine (C=N–C) groups is 1. The lowest BCUT2D eigenvalue weighted by Crippen LogP contribution is -2.41. The standard InChI is InChI=1S/C25H33N3O2S/c1-25(24(30)27-22(31-25)15-21-13-19-2-3-20(21)12-19)16-18-6-10-28(11-7-18)23(29)14-17-4-8-26-9-5-17/h4-5,8-9,18-21H,2-3,6-7,10-16H2,1H3/t19-,20+,21-,25?/m1/s1. The molecular weight excluding hydrogens is 406 g/mol. The van der Waals surface area contributed by atoms with E-state index in [4.69, 9.17) is 0 Å². The zero-order valence-corrected chi connectivity index (χ0v) is 19.3. The van der Waals surface area contributed by atoms with Crippen LogP contribution >= 0.6 is 11.8 Å². The first-order chi connectivity index (χ1) is 15.0. The van der Waals surface area contributed by atoms with Gasteiger partial charge in [-0.1, -0.05) is 18.2 Å². The highest BCUT2D eigenvalue weighted by atomic mass is 32.2. The maximum Gasteiger partial charge on any atom is 0.262 e. The third-order valence-electron chi connectivity index (χ3n) is 8.09. The van der Waals surface area contributed by atoms with E-state index in [0.29, 0.717) is 12.3 Å². The van der Waals surface area contributed by atoms with Gasteiger partial charge in [0, 0.05) is 25.5 Å². The SMILES string of the molecule is CC1(CC2CCN(C(=O)Cc3ccncc3)CC2)SC(C[C@H]2C[C@@H]3CC[C@H]2C3)=NC1=O. The van der Waals surface area contributed by atoms with Gasteiger partial charge in [-0.05, 0) is 93.2 Å². The van der Waals surface area contributed by atoms with E-state index in [0.717, 1.165) is 67.1 Å². The Hall–Kier alpha value is -1.69. The summed E-state index contributed by atoms with van der Waals surface area (Å²) in [7, 11) is 0. The molecule has 0 spiro atoms. The molecule has 2 bridgehead atoms. The molecule has 166 valence electrons. The number of hydrogen-bond acceptors (Lipinski definition) is 4. The van der Waals surface area contributed by atoms with Crippen molar-refractivity contribution in [1.29, 1.82) is 0 Å². The molecule has 2 aliphatic carbocycles. The van der Waals surface area contributed by atoms with Gasteiger partial charge in [0.2, 0.25) is 5.91 Å². The molecule has 2 aliphatic heterocycles. The zero-order chi connectivity index (χ0) is 21.4. The minimum absolute atomic E-state index is 0.0758. The van der Waals surface area contributed by atoms with Gasteiger partial charge in [-0.25, -0.2) is 4.99 Å². The third kappa shape index (κ3) is 4.59. The number of amides is 2. The molecule has 3 fully saturated rings. The number of rotatable bonds is 6. The van der Waals surface area contributed by atoms with E-state index >= 15 is 0 Å². The predicted octanol–water partition coefficient (Wildman–Crippen LogP) is 4.51. The van der Waals surface area contributed by atoms with Crippen LogP contribution in [0.4, 0.5) is 0 Å². The Labute approximate surface area is 189 Å². The molecule has 2 amide bonds. The highest BCUT2D eigenvalue weighted by Gasteiger charge is 2.45. The van der Waals surface area contributed by atoms with Crippen molar-refractivity contribution >= 4 is 28.6 Å². The second-order valence-electron chi connectivity index (χ2n) is 10.3. The summed E-state index contributed by atoms with van der Waals surface area (Å²) in [5, 5.41) is 1.09. The molecule has 5 nitrogen and oxygen atoms in total. The van der Waals surface area contributed by atoms with E-state index in [1.807, 2.05) is 17.0 Å². The fourth-order valence-corrected chi connectivity index (χ4v) is 7.75. The number of carbonyl (C=O) groups excluding carboxylic acids is 2. The van der Waals surface area contributed by atoms with Crippen LogP contribution in [0.2, 0.25) is 0 Å². The van der Waals surface area contributed by atoms with Gasteiger partial charge in [0.15, 0.2) is 0 Å². The molecule has 4 aliphatic rings. The van der Waals surface area contributed by atoms with Crippen molar-refractivity contribution in [3.8, 4) is 0 Å². The normalized spacial score (nSPS) is 33.2. The zero-order valence-electron chi connectivity index (χ0n) is 18.5. The maximum absolute atomic E-state index is 12.8. The van der Waals surface area contributed by atoms with E-state index in [-0.39, 0.29) is 11.8 Å². The Morgan fingerprint density at radius 1 is 1.16 bits per heavy atom. The van der Waals surface area contributed by atoms with Crippen LogP contribution < -0.4 is 0 Å². The Morgan fingerprint density at radius 2 is 1.94 bits per heavy atom. The van der Waals surface area contributed by atoms with E-state index in [9.17, 15) is 9.59 Å². The van der Waals surface area contributed by atoms with Crippen molar-refractivity contribution in [3.63, 3.8) is 0 Å². The molecule has 4 atom stereocenters. The van der Waals surface area contributed by atoms with Crippen molar-refractivity contribution in [2.75, 3.05) is 13.1 Å². The number of hydrogen-bond donors (Lipinski definition) is 0. The molecular formula is C25H33N3O2S. The first-order valence-electron chi connectivity index (χ1n) is 12.0. The van der Waals surface area contributed by atoms with Crippen LogP contribution in [0.25, 0.3) is 0 Å². The fraction of sp³-hybridized carbons (Fsp3) is 0.680. The van der Waals surface area contributed by atoms with Crippen LogP contribution in [0.5, 0.6) is 0 Å². The lowest BCUT2D eigenvalue weighted by atomic mass is 9.86. The highest BCUT2D eigenvalue weighted by Crippen LogP contribution is 2.51. The van der Waals surface area contributed by atoms with Gasteiger partial charge < -0.3 is 4.90 Å². The Bertz CT molecular complexity index is 865. The number of nitrogens with zero attached hydrogens (tertiary/aromatic N) is 3. The number of aromatic nitrogens is 1. The molecule has 5 rings (SSSR count). The predicted molar refractivity (Wildman–Crippen MR) is 124 cm³/mol. The smallest absolute Gasteiger partial charge is 0.262 e. The summed E-state index contributed by atoms with van der Waals surface area (Å²) >= 11 is 1.75. The summed E-state index contributed by atoms with van der Waals surface area (Å²) in [5.41, 5.74) is 1.02. The van der Waals surface area contributed by atoms with Gasteiger partial charge in [-0.2, -0.15) is 0 Å². The van der Waals surface area contributed by atoms with Crippen LogP contribution in [0.1, 0.15) is 63.9 Å². The van der Waals surface area contributed by atoms with Gasteiger partial charge >= 0.3 is 0 Å². The molecule has 2 saturated carbocycles. The second-order valence-corrected chi connectivity index (χ2v) is 11.9. The van der Waals surface area contributed by atoms with Crippen LogP contribution in [0.15, 0.2) is 29.5 Å². The molecule has 6 heteroatoms.